The lowest BCUT2D eigenvalue weighted by Crippen LogP contribution is -2.37. The summed E-state index contributed by atoms with van der Waals surface area (Å²) in [6.07, 6.45) is -1.48. The Kier molecular flexibility index (Phi) is 3.82. The number of halogens is 3. The average molecular weight is 313 g/mol. The van der Waals surface area contributed by atoms with Gasteiger partial charge in [-0.2, -0.15) is 13.2 Å². The van der Waals surface area contributed by atoms with Crippen molar-refractivity contribution in [3.8, 4) is 0 Å². The van der Waals surface area contributed by atoms with Gasteiger partial charge in [-0.3, -0.25) is 4.79 Å². The molecule has 2 aliphatic rings. The average Bonchev–Trinajstić information content (AvgIpc) is 2.98. The van der Waals surface area contributed by atoms with Gasteiger partial charge < -0.3 is 4.90 Å². The van der Waals surface area contributed by atoms with E-state index in [0.29, 0.717) is 18.5 Å². The van der Waals surface area contributed by atoms with E-state index in [1.54, 1.807) is 4.90 Å². The van der Waals surface area contributed by atoms with Crippen LogP contribution in [0.15, 0.2) is 0 Å². The number of aromatic nitrogens is 2. The zero-order valence-electron chi connectivity index (χ0n) is 12.4. The Morgan fingerprint density at radius 3 is 2.55 bits per heavy atom. The number of likely N-dealkylation sites (tertiary alicyclic amines) is 1. The fourth-order valence-electron chi connectivity index (χ4n) is 3.38. The minimum Gasteiger partial charge on any atom is -0.342 e. The molecule has 0 saturated carbocycles. The molecule has 120 valence electrons. The Hall–Kier alpha value is -1.66. The van der Waals surface area contributed by atoms with Crippen LogP contribution < -0.4 is 0 Å². The molecule has 1 unspecified atom stereocenters. The second-order valence-electron chi connectivity index (χ2n) is 6.01. The highest BCUT2D eigenvalue weighted by molar-refractivity contribution is 5.79. The highest BCUT2D eigenvalue weighted by atomic mass is 19.4. The number of hydrogen-bond donors (Lipinski definition) is 0. The quantitative estimate of drug-likeness (QED) is 0.800. The number of amides is 1. The maximum Gasteiger partial charge on any atom is 0.433 e. The Morgan fingerprint density at radius 2 is 1.91 bits per heavy atom. The van der Waals surface area contributed by atoms with Crippen molar-refractivity contribution in [2.75, 3.05) is 13.1 Å². The summed E-state index contributed by atoms with van der Waals surface area (Å²) < 4.78 is 39.6. The van der Waals surface area contributed by atoms with Crippen molar-refractivity contribution in [2.24, 2.45) is 5.92 Å². The first-order valence-corrected chi connectivity index (χ1v) is 7.58. The van der Waals surface area contributed by atoms with Crippen LogP contribution in [-0.2, 0) is 23.8 Å². The predicted octanol–water partition coefficient (Wildman–Crippen LogP) is 2.53. The predicted molar refractivity (Wildman–Crippen MR) is 73.1 cm³/mol. The summed E-state index contributed by atoms with van der Waals surface area (Å²) in [5, 5.41) is 0. The van der Waals surface area contributed by atoms with Gasteiger partial charge >= 0.3 is 6.18 Å². The van der Waals surface area contributed by atoms with E-state index in [4.69, 9.17) is 0 Å². The Labute approximate surface area is 126 Å². The van der Waals surface area contributed by atoms with Crippen molar-refractivity contribution in [3.63, 3.8) is 0 Å². The van der Waals surface area contributed by atoms with Gasteiger partial charge in [-0.25, -0.2) is 9.97 Å². The van der Waals surface area contributed by atoms with Gasteiger partial charge in [0.15, 0.2) is 5.69 Å². The van der Waals surface area contributed by atoms with Crippen LogP contribution in [0.25, 0.3) is 0 Å². The molecule has 1 saturated heterocycles. The van der Waals surface area contributed by atoms with E-state index in [1.807, 2.05) is 0 Å². The minimum atomic E-state index is -4.50. The van der Waals surface area contributed by atoms with Crippen molar-refractivity contribution in [2.45, 2.75) is 45.2 Å². The molecule has 0 aromatic carbocycles. The number of aryl methyl sites for hydroxylation is 2. The number of rotatable bonds is 1. The minimum absolute atomic E-state index is 0.0168. The lowest BCUT2D eigenvalue weighted by Gasteiger charge is -2.28. The van der Waals surface area contributed by atoms with E-state index in [0.717, 1.165) is 25.9 Å². The summed E-state index contributed by atoms with van der Waals surface area (Å²) in [5.41, 5.74) is -0.305. The van der Waals surface area contributed by atoms with Crippen LogP contribution in [0.2, 0.25) is 0 Å². The number of nitrogens with zero attached hydrogens (tertiary/aromatic N) is 3. The third-order valence-corrected chi connectivity index (χ3v) is 4.42. The van der Waals surface area contributed by atoms with E-state index < -0.39 is 11.9 Å². The van der Waals surface area contributed by atoms with Crippen molar-refractivity contribution < 1.29 is 18.0 Å². The van der Waals surface area contributed by atoms with Gasteiger partial charge in [0.05, 0.1) is 0 Å². The summed E-state index contributed by atoms with van der Waals surface area (Å²) in [4.78, 5) is 21.9. The first-order chi connectivity index (χ1) is 10.4. The molecule has 1 aliphatic heterocycles. The molecule has 7 heteroatoms. The molecule has 4 nitrogen and oxygen atoms in total. The van der Waals surface area contributed by atoms with Crippen LogP contribution in [0.5, 0.6) is 0 Å². The molecule has 2 heterocycles. The SMILES string of the molecule is Cc1nc2c(c(C(F)(F)F)n1)CC(C(=O)N1CCCC1)CC2. The molecule has 22 heavy (non-hydrogen) atoms. The zero-order valence-corrected chi connectivity index (χ0v) is 12.4. The van der Waals surface area contributed by atoms with Gasteiger partial charge in [0.25, 0.3) is 0 Å². The molecule has 1 fully saturated rings. The van der Waals surface area contributed by atoms with Crippen molar-refractivity contribution >= 4 is 5.91 Å². The molecular formula is C15H18F3N3O. The molecule has 1 amide bonds. The summed E-state index contributed by atoms with van der Waals surface area (Å²) >= 11 is 0. The lowest BCUT2D eigenvalue weighted by atomic mass is 9.84. The number of alkyl halides is 3. The van der Waals surface area contributed by atoms with Crippen LogP contribution in [0.1, 0.15) is 42.0 Å². The van der Waals surface area contributed by atoms with Crippen LogP contribution in [0.4, 0.5) is 13.2 Å². The van der Waals surface area contributed by atoms with E-state index in [9.17, 15) is 18.0 Å². The largest absolute Gasteiger partial charge is 0.433 e. The normalized spacial score (nSPS) is 21.8. The van der Waals surface area contributed by atoms with Crippen LogP contribution in [0.3, 0.4) is 0 Å². The van der Waals surface area contributed by atoms with E-state index >= 15 is 0 Å². The topological polar surface area (TPSA) is 46.1 Å². The highest BCUT2D eigenvalue weighted by Crippen LogP contribution is 2.36. The lowest BCUT2D eigenvalue weighted by molar-refractivity contribution is -0.143. The third kappa shape index (κ3) is 2.80. The highest BCUT2D eigenvalue weighted by Gasteiger charge is 2.40. The molecule has 1 atom stereocenters. The Balaban J connectivity index is 1.89. The van der Waals surface area contributed by atoms with Gasteiger partial charge in [-0.1, -0.05) is 0 Å². The van der Waals surface area contributed by atoms with Crippen molar-refractivity contribution in [1.29, 1.82) is 0 Å². The fourth-order valence-corrected chi connectivity index (χ4v) is 3.38. The number of carbonyl (C=O) groups is 1. The summed E-state index contributed by atoms with van der Waals surface area (Å²) in [6.45, 7) is 2.91. The fraction of sp³-hybridized carbons (Fsp3) is 0.667. The van der Waals surface area contributed by atoms with E-state index in [-0.39, 0.29) is 29.6 Å². The Morgan fingerprint density at radius 1 is 1.23 bits per heavy atom. The first-order valence-electron chi connectivity index (χ1n) is 7.58. The van der Waals surface area contributed by atoms with Crippen LogP contribution in [0, 0.1) is 12.8 Å². The van der Waals surface area contributed by atoms with E-state index in [2.05, 4.69) is 9.97 Å². The Bertz CT molecular complexity index is 594. The molecular weight excluding hydrogens is 295 g/mol. The number of fused-ring (bicyclic) bond motifs is 1. The van der Waals surface area contributed by atoms with E-state index in [1.165, 1.54) is 6.92 Å². The van der Waals surface area contributed by atoms with Gasteiger partial charge in [0.1, 0.15) is 5.82 Å². The molecule has 1 aromatic heterocycles. The number of carbonyl (C=O) groups excluding carboxylic acids is 1. The molecule has 0 radical (unpaired) electrons. The third-order valence-electron chi connectivity index (χ3n) is 4.42. The van der Waals surface area contributed by atoms with Gasteiger partial charge in [0, 0.05) is 30.3 Å². The molecule has 0 bridgehead atoms. The second kappa shape index (κ2) is 5.52. The molecule has 0 N–H and O–H groups in total. The smallest absolute Gasteiger partial charge is 0.342 e. The van der Waals surface area contributed by atoms with Gasteiger partial charge in [-0.05, 0) is 39.0 Å². The van der Waals surface area contributed by atoms with Crippen LogP contribution in [-0.4, -0.2) is 33.9 Å². The molecule has 3 rings (SSSR count). The monoisotopic (exact) mass is 313 g/mol. The number of hydrogen-bond acceptors (Lipinski definition) is 3. The zero-order chi connectivity index (χ0) is 15.9. The van der Waals surface area contributed by atoms with Gasteiger partial charge in [0.2, 0.25) is 5.91 Å². The molecule has 1 aliphatic carbocycles. The van der Waals surface area contributed by atoms with Crippen molar-refractivity contribution in [1.82, 2.24) is 14.9 Å². The molecule has 0 spiro atoms. The van der Waals surface area contributed by atoms with Crippen molar-refractivity contribution in [3.05, 3.63) is 22.8 Å². The first kappa shape index (κ1) is 15.2. The van der Waals surface area contributed by atoms with Gasteiger partial charge in [-0.15, -0.1) is 0 Å². The second-order valence-corrected chi connectivity index (χ2v) is 6.01. The van der Waals surface area contributed by atoms with Crippen LogP contribution >= 0.6 is 0 Å². The molecule has 1 aromatic rings. The maximum absolute atomic E-state index is 13.2. The summed E-state index contributed by atoms with van der Waals surface area (Å²) in [6, 6.07) is 0. The summed E-state index contributed by atoms with van der Waals surface area (Å²) in [7, 11) is 0. The maximum atomic E-state index is 13.2. The summed E-state index contributed by atoms with van der Waals surface area (Å²) in [5.74, 6) is -0.259. The standard InChI is InChI=1S/C15H18F3N3O/c1-9-19-12-5-4-10(14(22)21-6-2-3-7-21)8-11(12)13(20-9)15(16,17)18/h10H,2-8H2,1H3.